The first-order valence-corrected chi connectivity index (χ1v) is 6.31. The van der Waals surface area contributed by atoms with Crippen molar-refractivity contribution in [2.45, 2.75) is 38.4 Å². The summed E-state index contributed by atoms with van der Waals surface area (Å²) >= 11 is 0. The van der Waals surface area contributed by atoms with Gasteiger partial charge in [0.1, 0.15) is 17.9 Å². The Morgan fingerprint density at radius 3 is 2.89 bits per heavy atom. The maximum Gasteiger partial charge on any atom is 0.341 e. The first kappa shape index (κ1) is 13.7. The van der Waals surface area contributed by atoms with Crippen molar-refractivity contribution in [1.82, 2.24) is 0 Å². The number of hydrogen-bond acceptors (Lipinski definition) is 4. The summed E-state index contributed by atoms with van der Waals surface area (Å²) in [7, 11) is 0. The highest BCUT2D eigenvalue weighted by Crippen LogP contribution is 2.30. The third-order valence-corrected chi connectivity index (χ3v) is 3.25. The van der Waals surface area contributed by atoms with Crippen molar-refractivity contribution in [3.8, 4) is 5.75 Å². The molecule has 1 heterocycles. The first-order valence-electron chi connectivity index (χ1n) is 6.31. The van der Waals surface area contributed by atoms with Crippen LogP contribution in [0.25, 0.3) is 0 Å². The summed E-state index contributed by atoms with van der Waals surface area (Å²) in [5.41, 5.74) is 5.75. The molecule has 3 N–H and O–H groups in total. The number of carboxylic acid groups (broad SMARTS) is 1. The zero-order valence-corrected chi connectivity index (χ0v) is 11.2. The number of nitrogen functional groups attached to an aromatic ring is 1. The molecule has 1 aromatic carbocycles. The van der Waals surface area contributed by atoms with Crippen LogP contribution in [0.4, 0.5) is 5.69 Å². The molecule has 1 unspecified atom stereocenters. The molecule has 104 valence electrons. The molecule has 0 aromatic heterocycles. The van der Waals surface area contributed by atoms with E-state index in [9.17, 15) is 4.79 Å². The van der Waals surface area contributed by atoms with Crippen molar-refractivity contribution in [3.05, 3.63) is 23.8 Å². The molecule has 1 atom stereocenters. The van der Waals surface area contributed by atoms with Crippen molar-refractivity contribution in [2.75, 3.05) is 12.3 Å². The molecule has 0 aliphatic carbocycles. The highest BCUT2D eigenvalue weighted by Gasteiger charge is 2.32. The number of hydrogen-bond donors (Lipinski definition) is 2. The number of carbonyl (C=O) groups is 1. The summed E-state index contributed by atoms with van der Waals surface area (Å²) in [6.07, 6.45) is 1.89. The van der Waals surface area contributed by atoms with Crippen molar-refractivity contribution >= 4 is 11.7 Å². The minimum absolute atomic E-state index is 0.00178. The van der Waals surface area contributed by atoms with Gasteiger partial charge in [0.2, 0.25) is 0 Å². The third kappa shape index (κ3) is 3.17. The molecule has 5 heteroatoms. The zero-order valence-electron chi connectivity index (χ0n) is 11.2. The monoisotopic (exact) mass is 265 g/mol. The molecule has 2 rings (SSSR count). The summed E-state index contributed by atoms with van der Waals surface area (Å²) < 4.78 is 11.4. The van der Waals surface area contributed by atoms with E-state index in [0.29, 0.717) is 12.4 Å². The lowest BCUT2D eigenvalue weighted by molar-refractivity contribution is -0.0328. The Hall–Kier alpha value is -1.75. The van der Waals surface area contributed by atoms with Crippen LogP contribution in [-0.4, -0.2) is 29.4 Å². The lowest BCUT2D eigenvalue weighted by atomic mass is 10.1. The van der Waals surface area contributed by atoms with Crippen LogP contribution in [0.3, 0.4) is 0 Å². The number of carboxylic acids is 1. The molecule has 5 nitrogen and oxygen atoms in total. The van der Waals surface area contributed by atoms with Crippen LogP contribution in [0.5, 0.6) is 5.75 Å². The van der Waals surface area contributed by atoms with Gasteiger partial charge in [0, 0.05) is 5.69 Å². The molecule has 0 radical (unpaired) electrons. The third-order valence-electron chi connectivity index (χ3n) is 3.25. The number of benzene rings is 1. The highest BCUT2D eigenvalue weighted by molar-refractivity contribution is 5.96. The summed E-state index contributed by atoms with van der Waals surface area (Å²) in [6.45, 7) is 4.42. The summed E-state index contributed by atoms with van der Waals surface area (Å²) in [5.74, 6) is -0.790. The molecule has 0 amide bonds. The standard InChI is InChI=1S/C14H19NO4/c1-14(2)7-6-9(19-14)8-18-11-5-3-4-10(15)12(11)13(16)17/h3-5,9H,6-8,15H2,1-2H3,(H,16,17). The lowest BCUT2D eigenvalue weighted by Crippen LogP contribution is -2.24. The van der Waals surface area contributed by atoms with Crippen molar-refractivity contribution in [3.63, 3.8) is 0 Å². The van der Waals surface area contributed by atoms with Crippen LogP contribution >= 0.6 is 0 Å². The number of anilines is 1. The highest BCUT2D eigenvalue weighted by atomic mass is 16.6. The number of rotatable bonds is 4. The normalized spacial score (nSPS) is 21.3. The number of nitrogens with two attached hydrogens (primary N) is 1. The fourth-order valence-electron chi connectivity index (χ4n) is 2.27. The topological polar surface area (TPSA) is 81.8 Å². The second-order valence-corrected chi connectivity index (χ2v) is 5.37. The smallest absolute Gasteiger partial charge is 0.341 e. The fraction of sp³-hybridized carbons (Fsp3) is 0.500. The van der Waals surface area contributed by atoms with Gasteiger partial charge in [-0.15, -0.1) is 0 Å². The largest absolute Gasteiger partial charge is 0.490 e. The molecule has 1 fully saturated rings. The average Bonchev–Trinajstić information content (AvgIpc) is 2.66. The molecule has 0 bridgehead atoms. The Labute approximate surface area is 112 Å². The lowest BCUT2D eigenvalue weighted by Gasteiger charge is -2.20. The Kier molecular flexibility index (Phi) is 3.66. The Morgan fingerprint density at radius 2 is 2.32 bits per heavy atom. The minimum Gasteiger partial charge on any atom is -0.490 e. The summed E-state index contributed by atoms with van der Waals surface area (Å²) in [4.78, 5) is 11.2. The molecule has 0 saturated carbocycles. The molecule has 1 aliphatic rings. The van der Waals surface area contributed by atoms with Gasteiger partial charge in [-0.1, -0.05) is 6.07 Å². The van der Waals surface area contributed by atoms with Crippen LogP contribution in [0.2, 0.25) is 0 Å². The van der Waals surface area contributed by atoms with E-state index in [2.05, 4.69) is 0 Å². The predicted molar refractivity (Wildman–Crippen MR) is 71.5 cm³/mol. The van der Waals surface area contributed by atoms with Crippen LogP contribution in [0.15, 0.2) is 18.2 Å². The molecular formula is C14H19NO4. The summed E-state index contributed by atoms with van der Waals surface area (Å²) in [6, 6.07) is 4.84. The number of ether oxygens (including phenoxy) is 2. The molecule has 1 saturated heterocycles. The van der Waals surface area contributed by atoms with Crippen LogP contribution < -0.4 is 10.5 Å². The maximum absolute atomic E-state index is 11.2. The maximum atomic E-state index is 11.2. The van der Waals surface area contributed by atoms with Gasteiger partial charge in [0.15, 0.2) is 0 Å². The molecule has 1 aliphatic heterocycles. The van der Waals surface area contributed by atoms with E-state index >= 15 is 0 Å². The summed E-state index contributed by atoms with van der Waals surface area (Å²) in [5, 5.41) is 9.13. The first-order chi connectivity index (χ1) is 8.89. The van der Waals surface area contributed by atoms with Crippen LogP contribution in [0, 0.1) is 0 Å². The predicted octanol–water partition coefficient (Wildman–Crippen LogP) is 2.30. The van der Waals surface area contributed by atoms with Gasteiger partial charge in [-0.05, 0) is 38.8 Å². The van der Waals surface area contributed by atoms with Gasteiger partial charge < -0.3 is 20.3 Å². The van der Waals surface area contributed by atoms with Gasteiger partial charge in [-0.3, -0.25) is 0 Å². The van der Waals surface area contributed by atoms with Crippen LogP contribution in [-0.2, 0) is 4.74 Å². The van der Waals surface area contributed by atoms with E-state index < -0.39 is 5.97 Å². The Balaban J connectivity index is 2.04. The van der Waals surface area contributed by atoms with Gasteiger partial charge in [0.05, 0.1) is 11.7 Å². The second-order valence-electron chi connectivity index (χ2n) is 5.37. The second kappa shape index (κ2) is 5.09. The zero-order chi connectivity index (χ0) is 14.0. The van der Waals surface area contributed by atoms with Gasteiger partial charge in [-0.2, -0.15) is 0 Å². The molecule has 19 heavy (non-hydrogen) atoms. The Morgan fingerprint density at radius 1 is 1.58 bits per heavy atom. The van der Waals surface area contributed by atoms with Crippen LogP contribution in [0.1, 0.15) is 37.0 Å². The minimum atomic E-state index is -1.08. The van der Waals surface area contributed by atoms with E-state index in [1.54, 1.807) is 18.2 Å². The van der Waals surface area contributed by atoms with Gasteiger partial charge >= 0.3 is 5.97 Å². The van der Waals surface area contributed by atoms with Gasteiger partial charge in [0.25, 0.3) is 0 Å². The fourth-order valence-corrected chi connectivity index (χ4v) is 2.27. The molecule has 1 aromatic rings. The average molecular weight is 265 g/mol. The van der Waals surface area contributed by atoms with E-state index in [1.807, 2.05) is 13.8 Å². The van der Waals surface area contributed by atoms with E-state index in [-0.39, 0.29) is 23.0 Å². The van der Waals surface area contributed by atoms with E-state index in [0.717, 1.165) is 12.8 Å². The van der Waals surface area contributed by atoms with Crippen molar-refractivity contribution in [2.24, 2.45) is 0 Å². The molecular weight excluding hydrogens is 246 g/mol. The quantitative estimate of drug-likeness (QED) is 0.816. The van der Waals surface area contributed by atoms with Gasteiger partial charge in [-0.25, -0.2) is 4.79 Å². The SMILES string of the molecule is CC1(C)CCC(COc2cccc(N)c2C(=O)O)O1. The number of aromatic carboxylic acids is 1. The van der Waals surface area contributed by atoms with E-state index in [4.69, 9.17) is 20.3 Å². The van der Waals surface area contributed by atoms with E-state index in [1.165, 1.54) is 0 Å². The Bertz CT molecular complexity index is 484. The van der Waals surface area contributed by atoms with Crippen molar-refractivity contribution in [1.29, 1.82) is 0 Å². The molecule has 0 spiro atoms. The van der Waals surface area contributed by atoms with Crippen molar-refractivity contribution < 1.29 is 19.4 Å².